The van der Waals surface area contributed by atoms with Gasteiger partial charge in [0.25, 0.3) is 5.91 Å². The summed E-state index contributed by atoms with van der Waals surface area (Å²) in [5.74, 6) is -0.694. The molecule has 0 saturated carbocycles. The van der Waals surface area contributed by atoms with E-state index in [0.29, 0.717) is 0 Å². The van der Waals surface area contributed by atoms with Crippen molar-refractivity contribution in [3.05, 3.63) is 58.7 Å². The average molecular weight is 404 g/mol. The molecule has 8 heteroatoms. The Morgan fingerprint density at radius 2 is 1.64 bits per heavy atom. The molecule has 150 valence electrons. The van der Waals surface area contributed by atoms with E-state index in [1.807, 2.05) is 32.9 Å². The molecule has 0 unspecified atom stereocenters. The molecule has 7 nitrogen and oxygen atoms in total. The van der Waals surface area contributed by atoms with Crippen LogP contribution in [0.4, 0.5) is 11.4 Å². The second kappa shape index (κ2) is 8.43. The van der Waals surface area contributed by atoms with Crippen molar-refractivity contribution < 1.29 is 18.0 Å². The minimum Gasteiger partial charge on any atom is -0.332 e. The highest BCUT2D eigenvalue weighted by Gasteiger charge is 2.17. The Bertz CT molecular complexity index is 993. The van der Waals surface area contributed by atoms with E-state index in [4.69, 9.17) is 0 Å². The standard InChI is InChI=1S/C20H25N3O4S/c1-13-9-14(2)19(15(3)10-13)21-18(24)12-23(4)20(25)16-7-6-8-17(11-16)22-28(5,26)27/h6-11,22H,12H2,1-5H3,(H,21,24). The first-order valence-electron chi connectivity index (χ1n) is 8.67. The van der Waals surface area contributed by atoms with E-state index in [9.17, 15) is 18.0 Å². The highest BCUT2D eigenvalue weighted by atomic mass is 32.2. The summed E-state index contributed by atoms with van der Waals surface area (Å²) in [5.41, 5.74) is 4.35. The molecule has 2 aromatic carbocycles. The van der Waals surface area contributed by atoms with Crippen LogP contribution in [0.5, 0.6) is 0 Å². The van der Waals surface area contributed by atoms with E-state index in [-0.39, 0.29) is 29.6 Å². The molecule has 0 aromatic heterocycles. The maximum atomic E-state index is 12.6. The third-order valence-electron chi connectivity index (χ3n) is 4.08. The fraction of sp³-hybridized carbons (Fsp3) is 0.300. The maximum absolute atomic E-state index is 12.6. The van der Waals surface area contributed by atoms with Gasteiger partial charge < -0.3 is 10.2 Å². The minimum absolute atomic E-state index is 0.130. The Kier molecular flexibility index (Phi) is 6.45. The van der Waals surface area contributed by atoms with Crippen molar-refractivity contribution in [1.29, 1.82) is 0 Å². The monoisotopic (exact) mass is 403 g/mol. The Hall–Kier alpha value is -2.87. The molecule has 0 bridgehead atoms. The van der Waals surface area contributed by atoms with Crippen molar-refractivity contribution >= 4 is 33.2 Å². The summed E-state index contributed by atoms with van der Waals surface area (Å²) < 4.78 is 25.0. The third-order valence-corrected chi connectivity index (χ3v) is 4.69. The fourth-order valence-corrected chi connectivity index (χ4v) is 3.55. The van der Waals surface area contributed by atoms with Crippen LogP contribution >= 0.6 is 0 Å². The average Bonchev–Trinajstić information content (AvgIpc) is 2.56. The molecule has 0 saturated heterocycles. The largest absolute Gasteiger partial charge is 0.332 e. The molecule has 2 aromatic rings. The number of sulfonamides is 1. The lowest BCUT2D eigenvalue weighted by Crippen LogP contribution is -2.35. The quantitative estimate of drug-likeness (QED) is 0.775. The van der Waals surface area contributed by atoms with Crippen molar-refractivity contribution in [1.82, 2.24) is 4.90 Å². The number of hydrogen-bond acceptors (Lipinski definition) is 4. The van der Waals surface area contributed by atoms with Crippen molar-refractivity contribution in [2.24, 2.45) is 0 Å². The molecule has 0 aliphatic carbocycles. The Balaban J connectivity index is 2.08. The molecule has 2 N–H and O–H groups in total. The molecule has 0 aliphatic heterocycles. The Morgan fingerprint density at radius 3 is 2.21 bits per heavy atom. The summed E-state index contributed by atoms with van der Waals surface area (Å²) in [5, 5.41) is 2.86. The number of nitrogens with zero attached hydrogens (tertiary/aromatic N) is 1. The molecular formula is C20H25N3O4S. The molecule has 0 aliphatic rings. The van der Waals surface area contributed by atoms with Gasteiger partial charge in [0, 0.05) is 24.0 Å². The number of carbonyl (C=O) groups excluding carboxylic acids is 2. The highest BCUT2D eigenvalue weighted by Crippen LogP contribution is 2.22. The molecule has 0 heterocycles. The van der Waals surface area contributed by atoms with Gasteiger partial charge in [-0.1, -0.05) is 23.8 Å². The molecule has 0 radical (unpaired) electrons. The minimum atomic E-state index is -3.44. The van der Waals surface area contributed by atoms with Gasteiger partial charge in [0.15, 0.2) is 0 Å². The maximum Gasteiger partial charge on any atom is 0.254 e. The molecule has 2 amide bonds. The zero-order valence-corrected chi connectivity index (χ0v) is 17.5. The van der Waals surface area contributed by atoms with Crippen LogP contribution in [-0.2, 0) is 14.8 Å². The SMILES string of the molecule is Cc1cc(C)c(NC(=O)CN(C)C(=O)c2cccc(NS(C)(=O)=O)c2)c(C)c1. The topological polar surface area (TPSA) is 95.6 Å². The van der Waals surface area contributed by atoms with Crippen LogP contribution in [0.2, 0.25) is 0 Å². The Morgan fingerprint density at radius 1 is 1.04 bits per heavy atom. The molecule has 0 spiro atoms. The second-order valence-electron chi connectivity index (χ2n) is 6.94. The van der Waals surface area contributed by atoms with Crippen molar-refractivity contribution in [3.63, 3.8) is 0 Å². The van der Waals surface area contributed by atoms with Gasteiger partial charge in [0.1, 0.15) is 0 Å². The van der Waals surface area contributed by atoms with Crippen LogP contribution in [-0.4, -0.2) is 45.0 Å². The van der Waals surface area contributed by atoms with Gasteiger partial charge in [-0.3, -0.25) is 14.3 Å². The van der Waals surface area contributed by atoms with E-state index in [1.54, 1.807) is 18.2 Å². The summed E-state index contributed by atoms with van der Waals surface area (Å²) in [6.45, 7) is 5.70. The van der Waals surface area contributed by atoms with Crippen LogP contribution in [0, 0.1) is 20.8 Å². The number of benzene rings is 2. The first-order valence-corrected chi connectivity index (χ1v) is 10.6. The smallest absolute Gasteiger partial charge is 0.254 e. The summed E-state index contributed by atoms with van der Waals surface area (Å²) in [4.78, 5) is 26.3. The fourth-order valence-electron chi connectivity index (χ4n) is 2.99. The zero-order chi connectivity index (χ0) is 21.1. The van der Waals surface area contributed by atoms with Crippen LogP contribution in [0.25, 0.3) is 0 Å². The van der Waals surface area contributed by atoms with E-state index >= 15 is 0 Å². The number of rotatable bonds is 6. The lowest BCUT2D eigenvalue weighted by Gasteiger charge is -2.19. The predicted octanol–water partition coefficient (Wildman–Crippen LogP) is 2.69. The summed E-state index contributed by atoms with van der Waals surface area (Å²) in [6.07, 6.45) is 1.03. The van der Waals surface area contributed by atoms with Gasteiger partial charge >= 0.3 is 0 Å². The number of anilines is 2. The van der Waals surface area contributed by atoms with Crippen molar-refractivity contribution in [3.8, 4) is 0 Å². The highest BCUT2D eigenvalue weighted by molar-refractivity contribution is 7.92. The van der Waals surface area contributed by atoms with E-state index < -0.39 is 10.0 Å². The number of nitrogens with one attached hydrogen (secondary N) is 2. The van der Waals surface area contributed by atoms with Gasteiger partial charge in [-0.25, -0.2) is 8.42 Å². The van der Waals surface area contributed by atoms with Crippen molar-refractivity contribution in [2.45, 2.75) is 20.8 Å². The van der Waals surface area contributed by atoms with Gasteiger partial charge in [0.05, 0.1) is 12.8 Å². The molecule has 0 atom stereocenters. The zero-order valence-electron chi connectivity index (χ0n) is 16.7. The normalized spacial score (nSPS) is 11.0. The predicted molar refractivity (Wildman–Crippen MR) is 111 cm³/mol. The summed E-state index contributed by atoms with van der Waals surface area (Å²) >= 11 is 0. The van der Waals surface area contributed by atoms with Gasteiger partial charge in [-0.15, -0.1) is 0 Å². The van der Waals surface area contributed by atoms with E-state index in [1.165, 1.54) is 18.0 Å². The van der Waals surface area contributed by atoms with Crippen LogP contribution in [0.3, 0.4) is 0 Å². The van der Waals surface area contributed by atoms with Crippen molar-refractivity contribution in [2.75, 3.05) is 29.9 Å². The molecule has 2 rings (SSSR count). The van der Waals surface area contributed by atoms with Crippen LogP contribution < -0.4 is 10.0 Å². The van der Waals surface area contributed by atoms with Gasteiger partial charge in [0.2, 0.25) is 15.9 Å². The number of likely N-dealkylation sites (N-methyl/N-ethyl adjacent to an activating group) is 1. The number of aryl methyl sites for hydroxylation is 3. The number of amides is 2. The first kappa shape index (κ1) is 21.4. The second-order valence-corrected chi connectivity index (χ2v) is 8.69. The van der Waals surface area contributed by atoms with Gasteiger partial charge in [-0.2, -0.15) is 0 Å². The lowest BCUT2D eigenvalue weighted by molar-refractivity contribution is -0.116. The molecule has 0 fully saturated rings. The summed E-state index contributed by atoms with van der Waals surface area (Å²) in [7, 11) is -1.92. The van der Waals surface area contributed by atoms with Crippen LogP contribution in [0.15, 0.2) is 36.4 Å². The first-order chi connectivity index (χ1) is 13.0. The Labute approximate surface area is 165 Å². The van der Waals surface area contributed by atoms with Crippen LogP contribution in [0.1, 0.15) is 27.0 Å². The summed E-state index contributed by atoms with van der Waals surface area (Å²) in [6, 6.07) is 10.1. The van der Waals surface area contributed by atoms with Gasteiger partial charge in [-0.05, 0) is 50.1 Å². The van der Waals surface area contributed by atoms with E-state index in [2.05, 4.69) is 10.0 Å². The third kappa shape index (κ3) is 5.82. The van der Waals surface area contributed by atoms with E-state index in [0.717, 1.165) is 28.6 Å². The molecule has 28 heavy (non-hydrogen) atoms. The number of carbonyl (C=O) groups is 2. The number of hydrogen-bond donors (Lipinski definition) is 2. The molecular weight excluding hydrogens is 378 g/mol. The lowest BCUT2D eigenvalue weighted by atomic mass is 10.1.